The molecule has 1 aliphatic heterocycles. The summed E-state index contributed by atoms with van der Waals surface area (Å²) >= 11 is 0. The maximum Gasteiger partial charge on any atom is 0.219 e. The van der Waals surface area contributed by atoms with Crippen LogP contribution >= 0.6 is 7.14 Å². The highest BCUT2D eigenvalue weighted by Gasteiger charge is 2.41. The fourth-order valence-electron chi connectivity index (χ4n) is 4.67. The highest BCUT2D eigenvalue weighted by atomic mass is 31.2. The van der Waals surface area contributed by atoms with Gasteiger partial charge in [-0.1, -0.05) is 48.5 Å². The average molecular weight is 475 g/mol. The second kappa shape index (κ2) is 8.33. The lowest BCUT2D eigenvalue weighted by atomic mass is 10.0. The summed E-state index contributed by atoms with van der Waals surface area (Å²) < 4.78 is 20.9. The zero-order valence-corrected chi connectivity index (χ0v) is 20.4. The predicted molar refractivity (Wildman–Crippen MR) is 142 cm³/mol. The first-order chi connectivity index (χ1) is 17.0. The van der Waals surface area contributed by atoms with E-state index in [-0.39, 0.29) is 0 Å². The van der Waals surface area contributed by atoms with E-state index in [0.717, 1.165) is 44.0 Å². The zero-order chi connectivity index (χ0) is 24.0. The van der Waals surface area contributed by atoms with Crippen LogP contribution < -0.4 is 20.8 Å². The minimum atomic E-state index is -3.10. The van der Waals surface area contributed by atoms with Gasteiger partial charge in [0.1, 0.15) is 11.2 Å². The first-order valence-corrected chi connectivity index (χ1v) is 13.2. The molecule has 35 heavy (non-hydrogen) atoms. The standard InChI is InChI=1S/C30H23N2O2P/c1-20-12-14-31-29(16-20)34-24-7-5-6-22(18-24)23-10-11-26-25-8-3-4-9-27(25)35(33,28(26)19-23)30-17-21(2)13-15-32-30/h3-19H,1-2H3. The number of hydrogen-bond acceptors (Lipinski definition) is 4. The summed E-state index contributed by atoms with van der Waals surface area (Å²) in [6, 6.07) is 29.8. The summed E-state index contributed by atoms with van der Waals surface area (Å²) in [6.07, 6.45) is 3.48. The van der Waals surface area contributed by atoms with Gasteiger partial charge in [0.2, 0.25) is 5.88 Å². The van der Waals surface area contributed by atoms with Gasteiger partial charge in [0.05, 0.1) is 0 Å². The van der Waals surface area contributed by atoms with Crippen LogP contribution in [-0.2, 0) is 4.57 Å². The van der Waals surface area contributed by atoms with E-state index in [1.54, 1.807) is 12.4 Å². The number of pyridine rings is 2. The van der Waals surface area contributed by atoms with Gasteiger partial charge in [-0.25, -0.2) is 4.98 Å². The van der Waals surface area contributed by atoms with Crippen molar-refractivity contribution in [1.29, 1.82) is 0 Å². The van der Waals surface area contributed by atoms with Gasteiger partial charge in [-0.15, -0.1) is 0 Å². The van der Waals surface area contributed by atoms with E-state index >= 15 is 0 Å². The molecule has 6 rings (SSSR count). The molecule has 0 N–H and O–H groups in total. The molecule has 0 radical (unpaired) electrons. The van der Waals surface area contributed by atoms with Crippen molar-refractivity contribution in [2.45, 2.75) is 13.8 Å². The monoisotopic (exact) mass is 474 g/mol. The van der Waals surface area contributed by atoms with Crippen molar-refractivity contribution in [3.63, 3.8) is 0 Å². The van der Waals surface area contributed by atoms with Gasteiger partial charge in [0.25, 0.3) is 0 Å². The predicted octanol–water partition coefficient (Wildman–Crippen LogP) is 6.17. The summed E-state index contributed by atoms with van der Waals surface area (Å²) in [7, 11) is -3.10. The fourth-order valence-corrected chi connectivity index (χ4v) is 7.72. The van der Waals surface area contributed by atoms with Crippen molar-refractivity contribution in [2.24, 2.45) is 0 Å². The van der Waals surface area contributed by atoms with Crippen molar-refractivity contribution in [1.82, 2.24) is 9.97 Å². The van der Waals surface area contributed by atoms with E-state index in [0.29, 0.717) is 17.1 Å². The molecule has 0 saturated carbocycles. The number of rotatable bonds is 4. The molecule has 1 aliphatic rings. The zero-order valence-electron chi connectivity index (χ0n) is 19.5. The molecule has 3 heterocycles. The summed E-state index contributed by atoms with van der Waals surface area (Å²) in [5.41, 5.74) is 6.75. The summed E-state index contributed by atoms with van der Waals surface area (Å²) in [5.74, 6) is 1.26. The Bertz CT molecular complexity index is 1640. The van der Waals surface area contributed by atoms with Gasteiger partial charge in [-0.05, 0) is 83.6 Å². The van der Waals surface area contributed by atoms with Crippen molar-refractivity contribution in [2.75, 3.05) is 0 Å². The molecule has 2 aromatic heterocycles. The van der Waals surface area contributed by atoms with E-state index in [2.05, 4.69) is 28.2 Å². The Morgan fingerprint density at radius 2 is 1.40 bits per heavy atom. The molecule has 5 heteroatoms. The maximum atomic E-state index is 14.8. The van der Waals surface area contributed by atoms with Gasteiger partial charge in [0, 0.05) is 29.1 Å². The van der Waals surface area contributed by atoms with E-state index in [9.17, 15) is 4.57 Å². The molecule has 0 spiro atoms. The molecule has 0 fully saturated rings. The van der Waals surface area contributed by atoms with Gasteiger partial charge in [-0.2, -0.15) is 0 Å². The topological polar surface area (TPSA) is 52.1 Å². The number of benzene rings is 3. The van der Waals surface area contributed by atoms with E-state index in [1.807, 2.05) is 86.6 Å². The largest absolute Gasteiger partial charge is 0.439 e. The summed E-state index contributed by atoms with van der Waals surface area (Å²) in [5, 5.41) is 1.69. The average Bonchev–Trinajstić information content (AvgIpc) is 3.13. The van der Waals surface area contributed by atoms with Crippen molar-refractivity contribution >= 4 is 23.2 Å². The lowest BCUT2D eigenvalue weighted by Crippen LogP contribution is -2.23. The molecule has 170 valence electrons. The normalized spacial score (nSPS) is 15.9. The van der Waals surface area contributed by atoms with E-state index in [4.69, 9.17) is 4.74 Å². The van der Waals surface area contributed by atoms with Crippen LogP contribution in [0.3, 0.4) is 0 Å². The molecule has 3 aromatic carbocycles. The number of hydrogen-bond donors (Lipinski definition) is 0. The lowest BCUT2D eigenvalue weighted by Gasteiger charge is -2.16. The number of ether oxygens (including phenoxy) is 1. The minimum Gasteiger partial charge on any atom is -0.439 e. The number of fused-ring (bicyclic) bond motifs is 3. The Hall–Kier alpha value is -4.01. The van der Waals surface area contributed by atoms with Gasteiger partial charge in [0.15, 0.2) is 7.14 Å². The Balaban J connectivity index is 1.47. The van der Waals surface area contributed by atoms with E-state index in [1.165, 1.54) is 0 Å². The fraction of sp³-hybridized carbons (Fsp3) is 0.0667. The smallest absolute Gasteiger partial charge is 0.219 e. The molecule has 0 saturated heterocycles. The molecule has 0 aliphatic carbocycles. The van der Waals surface area contributed by atoms with Crippen molar-refractivity contribution < 1.29 is 9.30 Å². The van der Waals surface area contributed by atoms with Crippen LogP contribution in [0, 0.1) is 13.8 Å². The Morgan fingerprint density at radius 1 is 0.657 bits per heavy atom. The van der Waals surface area contributed by atoms with Crippen LogP contribution in [0.15, 0.2) is 103 Å². The van der Waals surface area contributed by atoms with E-state index < -0.39 is 7.14 Å². The lowest BCUT2D eigenvalue weighted by molar-refractivity contribution is 0.462. The molecule has 1 unspecified atom stereocenters. The Labute approximate surface area is 204 Å². The Kier molecular flexibility index (Phi) is 5.12. The first-order valence-electron chi connectivity index (χ1n) is 11.5. The third-order valence-corrected chi connectivity index (χ3v) is 9.38. The highest BCUT2D eigenvalue weighted by molar-refractivity contribution is 7.86. The molecule has 0 amide bonds. The highest BCUT2D eigenvalue weighted by Crippen LogP contribution is 2.52. The molecule has 4 nitrogen and oxygen atoms in total. The van der Waals surface area contributed by atoms with Gasteiger partial charge < -0.3 is 9.30 Å². The van der Waals surface area contributed by atoms with Crippen molar-refractivity contribution in [3.05, 3.63) is 115 Å². The maximum absolute atomic E-state index is 14.8. The van der Waals surface area contributed by atoms with Gasteiger partial charge >= 0.3 is 0 Å². The second-order valence-corrected chi connectivity index (χ2v) is 11.5. The van der Waals surface area contributed by atoms with Crippen LogP contribution in [0.5, 0.6) is 11.6 Å². The van der Waals surface area contributed by atoms with Crippen LogP contribution in [0.2, 0.25) is 0 Å². The second-order valence-electron chi connectivity index (χ2n) is 8.85. The Morgan fingerprint density at radius 3 is 2.23 bits per heavy atom. The third-order valence-electron chi connectivity index (χ3n) is 6.37. The molecule has 5 aromatic rings. The summed E-state index contributed by atoms with van der Waals surface area (Å²) in [4.78, 5) is 8.87. The third kappa shape index (κ3) is 3.67. The quantitative estimate of drug-likeness (QED) is 0.287. The number of aryl methyl sites for hydroxylation is 2. The number of nitrogens with zero attached hydrogens (tertiary/aromatic N) is 2. The van der Waals surface area contributed by atoms with Crippen LogP contribution in [0.1, 0.15) is 11.1 Å². The summed E-state index contributed by atoms with van der Waals surface area (Å²) in [6.45, 7) is 4.01. The molecular formula is C30H23N2O2P. The minimum absolute atomic E-state index is 0.557. The van der Waals surface area contributed by atoms with Crippen LogP contribution in [0.25, 0.3) is 22.3 Å². The van der Waals surface area contributed by atoms with Gasteiger partial charge in [-0.3, -0.25) is 4.98 Å². The van der Waals surface area contributed by atoms with Crippen LogP contribution in [0.4, 0.5) is 0 Å². The molecule has 1 atom stereocenters. The van der Waals surface area contributed by atoms with Crippen molar-refractivity contribution in [3.8, 4) is 33.9 Å². The molecular weight excluding hydrogens is 451 g/mol. The van der Waals surface area contributed by atoms with Crippen LogP contribution in [-0.4, -0.2) is 9.97 Å². The first kappa shape index (κ1) is 21.5. The number of aromatic nitrogens is 2. The SMILES string of the molecule is Cc1ccnc(Oc2cccc(-c3ccc4c(c3)P(=O)(c3cc(C)ccn3)c3ccccc3-4)c2)c1. The molecule has 0 bridgehead atoms.